The SMILES string of the molecule is CCc1cc(CNC(=O)CCl)c(O)c(S(=O)(=O)N=CN(C)C)c1. The van der Waals surface area contributed by atoms with Crippen molar-refractivity contribution < 1.29 is 18.3 Å². The standard InChI is InChI=1S/C14H20ClN3O4S/c1-4-10-5-11(8-16-13(19)7-15)14(20)12(6-10)23(21,22)17-9-18(2)3/h5-6,9,20H,4,7-8H2,1-3H3,(H,16,19). The van der Waals surface area contributed by atoms with Crippen molar-refractivity contribution in [2.24, 2.45) is 4.40 Å². The van der Waals surface area contributed by atoms with Gasteiger partial charge in [-0.1, -0.05) is 13.0 Å². The molecule has 0 unspecified atom stereocenters. The second-order valence-electron chi connectivity index (χ2n) is 5.03. The molecular formula is C14H20ClN3O4S. The summed E-state index contributed by atoms with van der Waals surface area (Å²) in [5.41, 5.74) is 0.998. The third kappa shape index (κ3) is 5.40. The number of rotatable bonds is 7. The molecule has 7 nitrogen and oxygen atoms in total. The predicted octanol–water partition coefficient (Wildman–Crippen LogP) is 1.09. The molecule has 0 radical (unpaired) electrons. The lowest BCUT2D eigenvalue weighted by Crippen LogP contribution is -2.24. The first-order valence-corrected chi connectivity index (χ1v) is 8.83. The van der Waals surface area contributed by atoms with E-state index in [9.17, 15) is 18.3 Å². The van der Waals surface area contributed by atoms with Gasteiger partial charge >= 0.3 is 0 Å². The van der Waals surface area contributed by atoms with Crippen LogP contribution in [0.5, 0.6) is 5.75 Å². The molecule has 1 amide bonds. The second kappa shape index (κ2) is 8.16. The lowest BCUT2D eigenvalue weighted by molar-refractivity contribution is -0.118. The highest BCUT2D eigenvalue weighted by molar-refractivity contribution is 7.90. The van der Waals surface area contributed by atoms with Gasteiger partial charge in [0.2, 0.25) is 5.91 Å². The van der Waals surface area contributed by atoms with Crippen molar-refractivity contribution in [3.05, 3.63) is 23.3 Å². The van der Waals surface area contributed by atoms with Crippen LogP contribution in [0.2, 0.25) is 0 Å². The van der Waals surface area contributed by atoms with Crippen molar-refractivity contribution in [2.45, 2.75) is 24.8 Å². The molecule has 0 aliphatic rings. The van der Waals surface area contributed by atoms with Crippen molar-refractivity contribution in [1.82, 2.24) is 10.2 Å². The fourth-order valence-electron chi connectivity index (χ4n) is 1.72. The van der Waals surface area contributed by atoms with Crippen LogP contribution in [-0.4, -0.2) is 50.6 Å². The Bertz CT molecular complexity index is 702. The highest BCUT2D eigenvalue weighted by Gasteiger charge is 2.21. The van der Waals surface area contributed by atoms with E-state index < -0.39 is 21.7 Å². The maximum Gasteiger partial charge on any atom is 0.287 e. The number of sulfonamides is 1. The van der Waals surface area contributed by atoms with Crippen molar-refractivity contribution in [3.8, 4) is 5.75 Å². The van der Waals surface area contributed by atoms with E-state index >= 15 is 0 Å². The van der Waals surface area contributed by atoms with Crippen molar-refractivity contribution >= 4 is 33.9 Å². The van der Waals surface area contributed by atoms with Gasteiger partial charge in [-0.3, -0.25) is 4.79 Å². The minimum absolute atomic E-state index is 0.0227. The molecule has 0 fully saturated rings. The fourth-order valence-corrected chi connectivity index (χ4v) is 2.91. The van der Waals surface area contributed by atoms with E-state index in [1.807, 2.05) is 6.92 Å². The summed E-state index contributed by atoms with van der Waals surface area (Å²) >= 11 is 5.40. The molecule has 0 saturated carbocycles. The summed E-state index contributed by atoms with van der Waals surface area (Å²) in [6.07, 6.45) is 1.71. The van der Waals surface area contributed by atoms with E-state index in [0.29, 0.717) is 17.5 Å². The van der Waals surface area contributed by atoms with Crippen LogP contribution in [0.25, 0.3) is 0 Å². The number of aryl methyl sites for hydroxylation is 1. The van der Waals surface area contributed by atoms with Gasteiger partial charge in [0.05, 0.1) is 0 Å². The Kier molecular flexibility index (Phi) is 6.83. The third-order valence-corrected chi connectivity index (χ3v) is 4.40. The Morgan fingerprint density at radius 3 is 2.61 bits per heavy atom. The van der Waals surface area contributed by atoms with Gasteiger partial charge in [0, 0.05) is 26.2 Å². The van der Waals surface area contributed by atoms with Crippen LogP contribution in [0.3, 0.4) is 0 Å². The third-order valence-electron chi connectivity index (χ3n) is 2.91. The van der Waals surface area contributed by atoms with Gasteiger partial charge in [-0.2, -0.15) is 8.42 Å². The number of alkyl halides is 1. The van der Waals surface area contributed by atoms with E-state index in [1.54, 1.807) is 20.2 Å². The number of carbonyl (C=O) groups excluding carboxylic acids is 1. The summed E-state index contributed by atoms with van der Waals surface area (Å²) in [5, 5.41) is 12.7. The largest absolute Gasteiger partial charge is 0.506 e. The molecule has 1 aromatic carbocycles. The summed E-state index contributed by atoms with van der Waals surface area (Å²) in [5.74, 6) is -1.05. The monoisotopic (exact) mass is 361 g/mol. The predicted molar refractivity (Wildman–Crippen MR) is 89.4 cm³/mol. The number of carbonyl (C=O) groups is 1. The highest BCUT2D eigenvalue weighted by atomic mass is 35.5. The quantitative estimate of drug-likeness (QED) is 0.430. The van der Waals surface area contributed by atoms with Gasteiger partial charge in [0.1, 0.15) is 22.9 Å². The number of phenolic OH excluding ortho intramolecular Hbond substituents is 1. The minimum atomic E-state index is -4.05. The molecule has 0 spiro atoms. The van der Waals surface area contributed by atoms with Gasteiger partial charge in [-0.15, -0.1) is 16.0 Å². The Morgan fingerprint density at radius 2 is 2.09 bits per heavy atom. The van der Waals surface area contributed by atoms with E-state index in [2.05, 4.69) is 9.71 Å². The molecule has 128 valence electrons. The van der Waals surface area contributed by atoms with Crippen LogP contribution in [0.1, 0.15) is 18.1 Å². The van der Waals surface area contributed by atoms with Gasteiger partial charge in [-0.25, -0.2) is 0 Å². The Labute approximate surface area is 141 Å². The summed E-state index contributed by atoms with van der Waals surface area (Å²) in [4.78, 5) is 12.4. The number of hydrogen-bond donors (Lipinski definition) is 2. The normalized spacial score (nSPS) is 11.7. The van der Waals surface area contributed by atoms with Gasteiger partial charge in [0.25, 0.3) is 10.0 Å². The van der Waals surface area contributed by atoms with Crippen molar-refractivity contribution in [2.75, 3.05) is 20.0 Å². The fraction of sp³-hybridized carbons (Fsp3) is 0.429. The first-order chi connectivity index (χ1) is 10.7. The summed E-state index contributed by atoms with van der Waals surface area (Å²) in [7, 11) is -0.779. The van der Waals surface area contributed by atoms with Crippen LogP contribution >= 0.6 is 11.6 Å². The maximum atomic E-state index is 12.3. The summed E-state index contributed by atoms with van der Waals surface area (Å²) < 4.78 is 28.1. The highest BCUT2D eigenvalue weighted by Crippen LogP contribution is 2.30. The molecule has 0 aliphatic carbocycles. The summed E-state index contributed by atoms with van der Waals surface area (Å²) in [6, 6.07) is 3.02. The number of nitrogens with one attached hydrogen (secondary N) is 1. The Hall–Kier alpha value is -1.80. The van der Waals surface area contributed by atoms with Crippen LogP contribution in [-0.2, 0) is 27.8 Å². The molecule has 9 heteroatoms. The number of halogens is 1. The number of amides is 1. The molecule has 0 heterocycles. The molecular weight excluding hydrogens is 342 g/mol. The Balaban J connectivity index is 3.29. The first kappa shape index (κ1) is 19.2. The molecule has 0 saturated heterocycles. The number of phenols is 1. The topological polar surface area (TPSA) is 99.1 Å². The number of aromatic hydroxyl groups is 1. The molecule has 1 aromatic rings. The average Bonchev–Trinajstić information content (AvgIpc) is 2.51. The van der Waals surface area contributed by atoms with E-state index in [-0.39, 0.29) is 17.3 Å². The van der Waals surface area contributed by atoms with Crippen LogP contribution in [0, 0.1) is 0 Å². The van der Waals surface area contributed by atoms with Crippen molar-refractivity contribution in [3.63, 3.8) is 0 Å². The molecule has 23 heavy (non-hydrogen) atoms. The van der Waals surface area contributed by atoms with E-state index in [4.69, 9.17) is 11.6 Å². The zero-order valence-electron chi connectivity index (χ0n) is 13.2. The number of benzene rings is 1. The summed E-state index contributed by atoms with van der Waals surface area (Å²) in [6.45, 7) is 1.83. The molecule has 0 bridgehead atoms. The lowest BCUT2D eigenvalue weighted by Gasteiger charge is -2.12. The number of hydrogen-bond acceptors (Lipinski definition) is 4. The van der Waals surface area contributed by atoms with E-state index in [0.717, 1.165) is 6.34 Å². The molecule has 1 rings (SSSR count). The molecule has 0 aromatic heterocycles. The Morgan fingerprint density at radius 1 is 1.43 bits per heavy atom. The number of nitrogens with zero attached hydrogens (tertiary/aromatic N) is 2. The molecule has 0 aliphatic heterocycles. The smallest absolute Gasteiger partial charge is 0.287 e. The second-order valence-corrected chi connectivity index (χ2v) is 6.89. The van der Waals surface area contributed by atoms with Gasteiger partial charge in [-0.05, 0) is 18.1 Å². The van der Waals surface area contributed by atoms with Gasteiger partial charge in [0.15, 0.2) is 0 Å². The first-order valence-electron chi connectivity index (χ1n) is 6.85. The van der Waals surface area contributed by atoms with E-state index in [1.165, 1.54) is 11.0 Å². The zero-order valence-corrected chi connectivity index (χ0v) is 14.8. The van der Waals surface area contributed by atoms with Crippen LogP contribution in [0.4, 0.5) is 0 Å². The lowest BCUT2D eigenvalue weighted by atomic mass is 10.1. The maximum absolute atomic E-state index is 12.3. The molecule has 0 atom stereocenters. The van der Waals surface area contributed by atoms with Gasteiger partial charge < -0.3 is 15.3 Å². The average molecular weight is 362 g/mol. The van der Waals surface area contributed by atoms with Crippen LogP contribution in [0.15, 0.2) is 21.4 Å². The van der Waals surface area contributed by atoms with Crippen molar-refractivity contribution in [1.29, 1.82) is 0 Å². The minimum Gasteiger partial charge on any atom is -0.506 e. The van der Waals surface area contributed by atoms with Crippen LogP contribution < -0.4 is 5.32 Å². The zero-order chi connectivity index (χ0) is 17.6. The molecule has 2 N–H and O–H groups in total.